The van der Waals surface area contributed by atoms with Crippen molar-refractivity contribution >= 4 is 21.7 Å². The third-order valence-corrected chi connectivity index (χ3v) is 0.744. The van der Waals surface area contributed by atoms with E-state index in [1.54, 1.807) is 0 Å². The van der Waals surface area contributed by atoms with Gasteiger partial charge in [-0.3, -0.25) is 0 Å². The summed E-state index contributed by atoms with van der Waals surface area (Å²) in [6, 6.07) is 0. The van der Waals surface area contributed by atoms with Crippen molar-refractivity contribution in [1.29, 1.82) is 0 Å². The van der Waals surface area contributed by atoms with Crippen LogP contribution in [0.25, 0.3) is 0 Å². The van der Waals surface area contributed by atoms with E-state index in [0.29, 0.717) is 6.79 Å². The van der Waals surface area contributed by atoms with Crippen LogP contribution in [0.15, 0.2) is 0 Å². The number of hydrogen-bond donors (Lipinski definition) is 0. The molecule has 10 heavy (non-hydrogen) atoms. The van der Waals surface area contributed by atoms with Gasteiger partial charge in [0.2, 0.25) is 0 Å². The van der Waals surface area contributed by atoms with Gasteiger partial charge in [-0.05, 0) is 6.42 Å². The Kier molecular flexibility index (Phi) is 17.6. The van der Waals surface area contributed by atoms with Gasteiger partial charge in [-0.1, -0.05) is 0 Å². The Hall–Kier alpha value is 1.17. The van der Waals surface area contributed by atoms with Crippen LogP contribution in [0.2, 0.25) is 4.55 Å². The van der Waals surface area contributed by atoms with Crippen LogP contribution in [-0.4, -0.2) is 41.7 Å². The van der Waals surface area contributed by atoms with Crippen LogP contribution in [0.3, 0.4) is 0 Å². The first kappa shape index (κ1) is 13.7. The van der Waals surface area contributed by atoms with Gasteiger partial charge in [0.25, 0.3) is 0 Å². The number of halogens is 1. The Morgan fingerprint density at radius 3 is 1.80 bits per heavy atom. The molecule has 0 N–H and O–H groups in total. The third-order valence-electron chi connectivity index (χ3n) is 0.744. The summed E-state index contributed by atoms with van der Waals surface area (Å²) in [6.07, 6.45) is 1.06. The monoisotopic (exact) mass is 220 g/mol. The molecule has 0 bridgehead atoms. The van der Waals surface area contributed by atoms with E-state index in [0.717, 1.165) is 19.6 Å². The van der Waals surface area contributed by atoms with E-state index in [4.69, 9.17) is 9.47 Å². The smallest absolute Gasteiger partial charge is 1.00 e. The van der Waals surface area contributed by atoms with E-state index in [-0.39, 0.29) is 17.0 Å². The van der Waals surface area contributed by atoms with E-state index in [2.05, 4.69) is 6.92 Å². The summed E-state index contributed by atoms with van der Waals surface area (Å²) in [6.45, 7) is 4.39. The molecule has 1 rings (SSSR count). The second-order valence-electron chi connectivity index (χ2n) is 1.79. The molecule has 0 aromatic carbocycles. The van der Waals surface area contributed by atoms with Gasteiger partial charge in [0.1, 0.15) is 6.79 Å². The summed E-state index contributed by atoms with van der Waals surface area (Å²) in [7, 11) is 0. The van der Waals surface area contributed by atoms with Crippen molar-refractivity contribution in [2.75, 3.05) is 20.0 Å². The van der Waals surface area contributed by atoms with Crippen molar-refractivity contribution in [1.82, 2.24) is 0 Å². The molecule has 0 radical (unpaired) electrons. The predicted octanol–water partition coefficient (Wildman–Crippen LogP) is -2.02. The van der Waals surface area contributed by atoms with Crippen molar-refractivity contribution in [2.45, 2.75) is 17.9 Å². The van der Waals surface area contributed by atoms with Crippen LogP contribution in [-0.2, 0) is 9.47 Å². The van der Waals surface area contributed by atoms with Gasteiger partial charge in [0.05, 0.1) is 13.2 Å². The van der Waals surface area contributed by atoms with Gasteiger partial charge >= 0.3 is 33.2 Å². The molecular weight excluding hydrogens is 208 g/mol. The molecule has 1 saturated heterocycles. The third kappa shape index (κ3) is 11.9. The van der Waals surface area contributed by atoms with E-state index in [1.165, 1.54) is 4.55 Å². The number of rotatable bonds is 0. The summed E-state index contributed by atoms with van der Waals surface area (Å²) < 4.78 is 11.0. The van der Waals surface area contributed by atoms with Gasteiger partial charge in [-0.15, -0.1) is 0 Å². The van der Waals surface area contributed by atoms with Crippen LogP contribution in [0.4, 0.5) is 0 Å². The maximum atomic E-state index is 4.85. The standard InChI is InChI=1S/C4H8O2.C2H5.BrH.Mg/c1-2-5-4-6-3-1;1-2;;/h1-4H2;1H2,2H3;1H;/q;;;+1/p-1. The molecule has 4 heteroatoms. The fraction of sp³-hybridized carbons (Fsp3) is 1.00. The molecule has 2 nitrogen and oxygen atoms in total. The molecule has 1 aliphatic heterocycles. The van der Waals surface area contributed by atoms with Gasteiger partial charge in [0, 0.05) is 0 Å². The fourth-order valence-electron chi connectivity index (χ4n) is 0.440. The van der Waals surface area contributed by atoms with Crippen molar-refractivity contribution in [3.8, 4) is 0 Å². The minimum absolute atomic E-state index is 0. The Balaban J connectivity index is 0. The first-order chi connectivity index (χ1) is 4.41. The van der Waals surface area contributed by atoms with Gasteiger partial charge in [0.15, 0.2) is 0 Å². The minimum Gasteiger partial charge on any atom is -1.00 e. The molecule has 0 aromatic heterocycles. The second-order valence-corrected chi connectivity index (χ2v) is 2.79. The quantitative estimate of drug-likeness (QED) is 0.440. The molecule has 0 aromatic rings. The summed E-state index contributed by atoms with van der Waals surface area (Å²) in [5, 5.41) is 0. The molecule has 1 aliphatic rings. The number of ether oxygens (including phenoxy) is 2. The van der Waals surface area contributed by atoms with Gasteiger partial charge in [-0.2, -0.15) is 0 Å². The molecule has 1 heterocycles. The van der Waals surface area contributed by atoms with Crippen molar-refractivity contribution in [2.24, 2.45) is 0 Å². The maximum absolute atomic E-state index is 4.85. The largest absolute Gasteiger partial charge is 1.00 e. The van der Waals surface area contributed by atoms with Crippen LogP contribution in [0.5, 0.6) is 0 Å². The normalized spacial score (nSPS) is 16.3. The first-order valence-corrected chi connectivity index (χ1v) is 4.36. The minimum atomic E-state index is 0. The molecule has 0 spiro atoms. The van der Waals surface area contributed by atoms with Crippen molar-refractivity contribution in [3.63, 3.8) is 0 Å². The zero-order valence-electron chi connectivity index (χ0n) is 6.44. The van der Waals surface area contributed by atoms with E-state index in [9.17, 15) is 0 Å². The topological polar surface area (TPSA) is 18.5 Å². The van der Waals surface area contributed by atoms with Crippen molar-refractivity contribution in [3.05, 3.63) is 0 Å². The van der Waals surface area contributed by atoms with Crippen molar-refractivity contribution < 1.29 is 26.5 Å². The SMILES string of the molecule is C1COCOC1.C[CH2][Mg+].[Br-]. The Bertz CT molecular complexity index is 39.5. The average molecular weight is 221 g/mol. The zero-order valence-corrected chi connectivity index (χ0v) is 9.44. The summed E-state index contributed by atoms with van der Waals surface area (Å²) >= 11 is 1.97. The molecule has 0 unspecified atom stereocenters. The summed E-state index contributed by atoms with van der Waals surface area (Å²) in [4.78, 5) is 0. The Morgan fingerprint density at radius 1 is 1.30 bits per heavy atom. The summed E-state index contributed by atoms with van der Waals surface area (Å²) in [5.74, 6) is 0. The number of hydrogen-bond acceptors (Lipinski definition) is 2. The van der Waals surface area contributed by atoms with Crippen LogP contribution in [0.1, 0.15) is 13.3 Å². The average Bonchev–Trinajstić information content (AvgIpc) is 1.93. The summed E-state index contributed by atoms with van der Waals surface area (Å²) in [5.41, 5.74) is 0. The van der Waals surface area contributed by atoms with Gasteiger partial charge < -0.3 is 26.5 Å². The predicted molar refractivity (Wildman–Crippen MR) is 37.6 cm³/mol. The molecule has 0 saturated carbocycles. The molecule has 1 fully saturated rings. The Morgan fingerprint density at radius 2 is 1.70 bits per heavy atom. The molecular formula is C6H13BrMgO2. The molecule has 58 valence electrons. The van der Waals surface area contributed by atoms with Gasteiger partial charge in [-0.25, -0.2) is 0 Å². The van der Waals surface area contributed by atoms with E-state index in [1.807, 2.05) is 21.7 Å². The van der Waals surface area contributed by atoms with E-state index >= 15 is 0 Å². The first-order valence-electron chi connectivity index (χ1n) is 3.36. The zero-order chi connectivity index (χ0) is 6.95. The van der Waals surface area contributed by atoms with E-state index < -0.39 is 0 Å². The second kappa shape index (κ2) is 12.8. The van der Waals surface area contributed by atoms with Crippen LogP contribution < -0.4 is 17.0 Å². The van der Waals surface area contributed by atoms with Crippen LogP contribution in [0, 0.1) is 0 Å². The maximum Gasteiger partial charge on any atom is -1.00 e. The molecule has 0 aliphatic carbocycles. The molecule has 0 atom stereocenters. The van der Waals surface area contributed by atoms with Crippen LogP contribution >= 0.6 is 0 Å². The Labute approximate surface area is 85.9 Å². The fourth-order valence-corrected chi connectivity index (χ4v) is 0.440. The molecule has 0 amide bonds.